The molecule has 0 radical (unpaired) electrons. The number of nitrogens with one attached hydrogen (secondary N) is 1. The molecular formula is C17H19NO4. The number of hydrogen-bond donors (Lipinski definition) is 1. The molecule has 1 aromatic carbocycles. The first kappa shape index (κ1) is 15.8. The van der Waals surface area contributed by atoms with E-state index in [-0.39, 0.29) is 11.7 Å². The van der Waals surface area contributed by atoms with Gasteiger partial charge in [0.15, 0.2) is 12.0 Å². The number of benzene rings is 1. The smallest absolute Gasteiger partial charge is 0.224 e. The van der Waals surface area contributed by atoms with E-state index in [1.165, 1.54) is 0 Å². The van der Waals surface area contributed by atoms with Gasteiger partial charge in [0.25, 0.3) is 0 Å². The molecule has 116 valence electrons. The maximum Gasteiger partial charge on any atom is 0.224 e. The first-order valence-corrected chi connectivity index (χ1v) is 7.21. The lowest BCUT2D eigenvalue weighted by Crippen LogP contribution is -2.11. The van der Waals surface area contributed by atoms with Gasteiger partial charge in [-0.2, -0.15) is 0 Å². The lowest BCUT2D eigenvalue weighted by Gasteiger charge is -2.11. The highest BCUT2D eigenvalue weighted by Crippen LogP contribution is 2.31. The molecule has 1 N–H and O–H groups in total. The summed E-state index contributed by atoms with van der Waals surface area (Å²) in [6.07, 6.45) is 2.93. The Labute approximate surface area is 129 Å². The monoisotopic (exact) mass is 301 g/mol. The minimum atomic E-state index is -0.0506. The lowest BCUT2D eigenvalue weighted by atomic mass is 10.1. The highest BCUT2D eigenvalue weighted by molar-refractivity contribution is 5.93. The number of unbranched alkanes of at least 4 members (excludes halogenated alkanes) is 1. The van der Waals surface area contributed by atoms with Gasteiger partial charge in [-0.05, 0) is 36.8 Å². The number of carbonyl (C=O) groups excluding carboxylic acids is 2. The third kappa shape index (κ3) is 3.75. The van der Waals surface area contributed by atoms with Crippen LogP contribution in [-0.2, 0) is 4.79 Å². The van der Waals surface area contributed by atoms with E-state index < -0.39 is 0 Å². The van der Waals surface area contributed by atoms with Crippen molar-refractivity contribution in [1.82, 2.24) is 0 Å². The van der Waals surface area contributed by atoms with E-state index in [1.54, 1.807) is 31.4 Å². The molecule has 0 aliphatic rings. The van der Waals surface area contributed by atoms with Crippen LogP contribution < -0.4 is 10.1 Å². The average Bonchev–Trinajstić information content (AvgIpc) is 3.02. The van der Waals surface area contributed by atoms with Crippen LogP contribution in [-0.4, -0.2) is 19.3 Å². The zero-order valence-corrected chi connectivity index (χ0v) is 12.7. The number of anilines is 1. The van der Waals surface area contributed by atoms with E-state index in [0.717, 1.165) is 18.4 Å². The van der Waals surface area contributed by atoms with Gasteiger partial charge in [0, 0.05) is 12.0 Å². The van der Waals surface area contributed by atoms with Crippen molar-refractivity contribution in [2.75, 3.05) is 12.4 Å². The van der Waals surface area contributed by atoms with E-state index in [2.05, 4.69) is 5.32 Å². The van der Waals surface area contributed by atoms with Gasteiger partial charge in [0.2, 0.25) is 5.91 Å². The summed E-state index contributed by atoms with van der Waals surface area (Å²) >= 11 is 0. The Balaban J connectivity index is 2.25. The summed E-state index contributed by atoms with van der Waals surface area (Å²) in [6.45, 7) is 2.04. The van der Waals surface area contributed by atoms with E-state index in [4.69, 9.17) is 9.15 Å². The van der Waals surface area contributed by atoms with Gasteiger partial charge in [0.1, 0.15) is 11.5 Å². The van der Waals surface area contributed by atoms with Crippen molar-refractivity contribution in [2.24, 2.45) is 0 Å². The Morgan fingerprint density at radius 3 is 2.77 bits per heavy atom. The topological polar surface area (TPSA) is 68.5 Å². The van der Waals surface area contributed by atoms with Crippen LogP contribution in [0.5, 0.6) is 5.75 Å². The van der Waals surface area contributed by atoms with Crippen LogP contribution in [0.4, 0.5) is 5.69 Å². The zero-order chi connectivity index (χ0) is 15.9. The summed E-state index contributed by atoms with van der Waals surface area (Å²) in [6, 6.07) is 8.66. The normalized spacial score (nSPS) is 10.3. The molecule has 0 bridgehead atoms. The Hall–Kier alpha value is -2.56. The highest BCUT2D eigenvalue weighted by Gasteiger charge is 2.11. The molecule has 0 saturated heterocycles. The average molecular weight is 301 g/mol. The minimum absolute atomic E-state index is 0.0506. The number of methoxy groups -OCH3 is 1. The van der Waals surface area contributed by atoms with E-state index >= 15 is 0 Å². The molecule has 5 nitrogen and oxygen atoms in total. The fraction of sp³-hybridized carbons (Fsp3) is 0.294. The van der Waals surface area contributed by atoms with Crippen LogP contribution >= 0.6 is 0 Å². The number of carbonyl (C=O) groups is 2. The maximum atomic E-state index is 11.9. The number of aldehydes is 1. The van der Waals surface area contributed by atoms with Gasteiger partial charge in [-0.25, -0.2) is 0 Å². The molecule has 1 aromatic heterocycles. The zero-order valence-electron chi connectivity index (χ0n) is 12.7. The summed E-state index contributed by atoms with van der Waals surface area (Å²) in [5, 5.41) is 2.85. The molecule has 2 aromatic rings. The molecule has 5 heteroatoms. The third-order valence-electron chi connectivity index (χ3n) is 3.26. The summed E-state index contributed by atoms with van der Waals surface area (Å²) < 4.78 is 10.7. The number of furan rings is 1. The number of amides is 1. The molecule has 0 fully saturated rings. The van der Waals surface area contributed by atoms with E-state index in [9.17, 15) is 9.59 Å². The molecule has 1 heterocycles. The molecule has 0 aliphatic carbocycles. The Morgan fingerprint density at radius 2 is 2.14 bits per heavy atom. The van der Waals surface area contributed by atoms with Gasteiger partial charge in [0.05, 0.1) is 12.8 Å². The van der Waals surface area contributed by atoms with Crippen molar-refractivity contribution in [2.45, 2.75) is 26.2 Å². The van der Waals surface area contributed by atoms with E-state index in [1.807, 2.05) is 13.0 Å². The molecule has 0 spiro atoms. The predicted octanol–water partition coefficient (Wildman–Crippen LogP) is 3.90. The minimum Gasteiger partial charge on any atom is -0.495 e. The van der Waals surface area contributed by atoms with Crippen LogP contribution in [0.15, 0.2) is 34.7 Å². The summed E-state index contributed by atoms with van der Waals surface area (Å²) in [5.74, 6) is 1.36. The van der Waals surface area contributed by atoms with Crippen LogP contribution in [0.25, 0.3) is 11.3 Å². The van der Waals surface area contributed by atoms with Crippen LogP contribution in [0.3, 0.4) is 0 Å². The van der Waals surface area contributed by atoms with Crippen molar-refractivity contribution in [1.29, 1.82) is 0 Å². The van der Waals surface area contributed by atoms with E-state index in [0.29, 0.717) is 29.9 Å². The van der Waals surface area contributed by atoms with Crippen LogP contribution in [0.2, 0.25) is 0 Å². The SMILES string of the molecule is CCCCC(=O)Nc1cc(-c2ccc(C=O)o2)ccc1OC. The molecule has 0 saturated carbocycles. The Kier molecular flexibility index (Phi) is 5.36. The molecule has 2 rings (SSSR count). The number of hydrogen-bond acceptors (Lipinski definition) is 4. The fourth-order valence-electron chi connectivity index (χ4n) is 2.08. The predicted molar refractivity (Wildman–Crippen MR) is 84.2 cm³/mol. The Bertz CT molecular complexity index is 660. The Morgan fingerprint density at radius 1 is 1.32 bits per heavy atom. The molecule has 0 atom stereocenters. The van der Waals surface area contributed by atoms with Crippen molar-refractivity contribution in [3.63, 3.8) is 0 Å². The fourth-order valence-corrected chi connectivity index (χ4v) is 2.08. The van der Waals surface area contributed by atoms with Gasteiger partial charge in [-0.3, -0.25) is 9.59 Å². The second-order valence-corrected chi connectivity index (χ2v) is 4.89. The largest absolute Gasteiger partial charge is 0.495 e. The first-order valence-electron chi connectivity index (χ1n) is 7.21. The summed E-state index contributed by atoms with van der Waals surface area (Å²) in [5.41, 5.74) is 1.35. The standard InChI is InChI=1S/C17H19NO4/c1-3-4-5-17(20)18-14-10-12(6-8-16(14)21-2)15-9-7-13(11-19)22-15/h6-11H,3-5H2,1-2H3,(H,18,20). The van der Waals surface area contributed by atoms with Crippen molar-refractivity contribution in [3.05, 3.63) is 36.1 Å². The van der Waals surface area contributed by atoms with Crippen molar-refractivity contribution >= 4 is 17.9 Å². The van der Waals surface area contributed by atoms with Crippen molar-refractivity contribution in [3.8, 4) is 17.1 Å². The number of rotatable bonds is 7. The molecule has 0 unspecified atom stereocenters. The van der Waals surface area contributed by atoms with Gasteiger partial charge in [-0.1, -0.05) is 13.3 Å². The molecule has 1 amide bonds. The van der Waals surface area contributed by atoms with Gasteiger partial charge in [-0.15, -0.1) is 0 Å². The molecule has 0 aliphatic heterocycles. The van der Waals surface area contributed by atoms with Crippen molar-refractivity contribution < 1.29 is 18.7 Å². The highest BCUT2D eigenvalue weighted by atomic mass is 16.5. The van der Waals surface area contributed by atoms with Crippen LogP contribution in [0.1, 0.15) is 36.7 Å². The van der Waals surface area contributed by atoms with Crippen LogP contribution in [0, 0.1) is 0 Å². The lowest BCUT2D eigenvalue weighted by molar-refractivity contribution is -0.116. The molecule has 22 heavy (non-hydrogen) atoms. The summed E-state index contributed by atoms with van der Waals surface area (Å²) in [4.78, 5) is 22.6. The summed E-state index contributed by atoms with van der Waals surface area (Å²) in [7, 11) is 1.55. The van der Waals surface area contributed by atoms with Gasteiger partial charge >= 0.3 is 0 Å². The first-order chi connectivity index (χ1) is 10.7. The van der Waals surface area contributed by atoms with Gasteiger partial charge < -0.3 is 14.5 Å². The number of ether oxygens (including phenoxy) is 1. The third-order valence-corrected chi connectivity index (χ3v) is 3.26. The maximum absolute atomic E-state index is 11.9. The second-order valence-electron chi connectivity index (χ2n) is 4.89. The quantitative estimate of drug-likeness (QED) is 0.788. The second kappa shape index (κ2) is 7.45. The molecular weight excluding hydrogens is 282 g/mol.